The van der Waals surface area contributed by atoms with Crippen LogP contribution in [0.2, 0.25) is 0 Å². The lowest BCUT2D eigenvalue weighted by Crippen LogP contribution is -2.20. The van der Waals surface area contributed by atoms with Crippen molar-refractivity contribution >= 4 is 0 Å². The highest BCUT2D eigenvalue weighted by atomic mass is 16.5. The van der Waals surface area contributed by atoms with E-state index in [0.29, 0.717) is 12.7 Å². The van der Waals surface area contributed by atoms with Gasteiger partial charge in [0, 0.05) is 0 Å². The van der Waals surface area contributed by atoms with Crippen LogP contribution in [0.1, 0.15) is 54.9 Å². The number of hydrogen-bond acceptors (Lipinski definition) is 2. The summed E-state index contributed by atoms with van der Waals surface area (Å²) in [6.07, 6.45) is 6.04. The molecule has 1 saturated carbocycles. The monoisotopic (exact) mass is 248 g/mol. The Balaban J connectivity index is 1.88. The number of aliphatic hydroxyl groups excluding tert-OH is 1. The van der Waals surface area contributed by atoms with E-state index >= 15 is 0 Å². The number of aryl methyl sites for hydroxylation is 2. The van der Waals surface area contributed by atoms with E-state index in [1.54, 1.807) is 0 Å². The Labute approximate surface area is 110 Å². The summed E-state index contributed by atoms with van der Waals surface area (Å²) in [5, 5.41) is 10.2. The van der Waals surface area contributed by atoms with E-state index in [-0.39, 0.29) is 0 Å². The van der Waals surface area contributed by atoms with Gasteiger partial charge in [-0.2, -0.15) is 0 Å². The minimum Gasteiger partial charge on any atom is -0.386 e. The molecular weight excluding hydrogens is 224 g/mol. The molecule has 1 aromatic rings. The third kappa shape index (κ3) is 3.82. The number of hydrogen-bond donors (Lipinski definition) is 1. The van der Waals surface area contributed by atoms with Crippen molar-refractivity contribution in [1.82, 2.24) is 0 Å². The zero-order valence-corrected chi connectivity index (χ0v) is 11.5. The molecule has 100 valence electrons. The van der Waals surface area contributed by atoms with Gasteiger partial charge in [0.1, 0.15) is 6.10 Å². The topological polar surface area (TPSA) is 29.5 Å². The van der Waals surface area contributed by atoms with Gasteiger partial charge in [-0.1, -0.05) is 48.6 Å². The minimum absolute atomic E-state index is 0.360. The fourth-order valence-electron chi connectivity index (χ4n) is 2.76. The second-order valence-electron chi connectivity index (χ2n) is 5.53. The molecule has 1 fully saturated rings. The SMILES string of the molecule is Cc1cc(C)cc(C(O)COC2CCCCC2)c1. The third-order valence-corrected chi connectivity index (χ3v) is 3.67. The fourth-order valence-corrected chi connectivity index (χ4v) is 2.76. The largest absolute Gasteiger partial charge is 0.386 e. The first kappa shape index (κ1) is 13.6. The third-order valence-electron chi connectivity index (χ3n) is 3.67. The lowest BCUT2D eigenvalue weighted by molar-refractivity contribution is -0.0246. The molecule has 0 aromatic heterocycles. The number of rotatable bonds is 4. The molecule has 2 rings (SSSR count). The van der Waals surface area contributed by atoms with Gasteiger partial charge in [0.15, 0.2) is 0 Å². The molecule has 0 bridgehead atoms. The van der Waals surface area contributed by atoms with Crippen molar-refractivity contribution < 1.29 is 9.84 Å². The van der Waals surface area contributed by atoms with Crippen LogP contribution in [0.15, 0.2) is 18.2 Å². The normalized spacial score (nSPS) is 18.8. The number of ether oxygens (including phenoxy) is 1. The lowest BCUT2D eigenvalue weighted by Gasteiger charge is -2.23. The maximum Gasteiger partial charge on any atom is 0.102 e. The summed E-state index contributed by atoms with van der Waals surface area (Å²) < 4.78 is 5.83. The quantitative estimate of drug-likeness (QED) is 0.880. The Hall–Kier alpha value is -0.860. The zero-order chi connectivity index (χ0) is 13.0. The molecule has 1 aliphatic rings. The molecule has 1 unspecified atom stereocenters. The predicted molar refractivity (Wildman–Crippen MR) is 73.7 cm³/mol. The van der Waals surface area contributed by atoms with E-state index in [4.69, 9.17) is 4.74 Å². The molecule has 1 N–H and O–H groups in total. The average Bonchev–Trinajstić information content (AvgIpc) is 2.36. The van der Waals surface area contributed by atoms with Crippen LogP contribution in [0.5, 0.6) is 0 Å². The van der Waals surface area contributed by atoms with Crippen molar-refractivity contribution in [3.63, 3.8) is 0 Å². The van der Waals surface area contributed by atoms with Crippen LogP contribution >= 0.6 is 0 Å². The molecule has 1 aromatic carbocycles. The highest BCUT2D eigenvalue weighted by Crippen LogP contribution is 2.23. The molecule has 1 aliphatic carbocycles. The van der Waals surface area contributed by atoms with Crippen LogP contribution in [0.4, 0.5) is 0 Å². The number of benzene rings is 1. The van der Waals surface area contributed by atoms with Crippen molar-refractivity contribution in [2.75, 3.05) is 6.61 Å². The van der Waals surface area contributed by atoms with Crippen LogP contribution in [0.3, 0.4) is 0 Å². The van der Waals surface area contributed by atoms with E-state index in [0.717, 1.165) is 18.4 Å². The molecule has 0 heterocycles. The molecule has 0 radical (unpaired) electrons. The molecule has 2 nitrogen and oxygen atoms in total. The molecule has 2 heteroatoms. The Morgan fingerprint density at radius 3 is 2.33 bits per heavy atom. The van der Waals surface area contributed by atoms with Gasteiger partial charge in [0.2, 0.25) is 0 Å². The van der Waals surface area contributed by atoms with Crippen molar-refractivity contribution in [3.05, 3.63) is 34.9 Å². The van der Waals surface area contributed by atoms with Gasteiger partial charge in [-0.3, -0.25) is 0 Å². The van der Waals surface area contributed by atoms with E-state index in [1.807, 2.05) is 12.1 Å². The molecule has 18 heavy (non-hydrogen) atoms. The van der Waals surface area contributed by atoms with Crippen molar-refractivity contribution in [3.8, 4) is 0 Å². The Morgan fingerprint density at radius 2 is 1.72 bits per heavy atom. The minimum atomic E-state index is -0.495. The Morgan fingerprint density at radius 1 is 1.11 bits per heavy atom. The van der Waals surface area contributed by atoms with Crippen LogP contribution < -0.4 is 0 Å². The maximum absolute atomic E-state index is 10.2. The van der Waals surface area contributed by atoms with Gasteiger partial charge < -0.3 is 9.84 Å². The highest BCUT2D eigenvalue weighted by molar-refractivity contribution is 5.29. The number of aliphatic hydroxyl groups is 1. The molecule has 0 amide bonds. The average molecular weight is 248 g/mol. The first-order chi connectivity index (χ1) is 8.65. The fraction of sp³-hybridized carbons (Fsp3) is 0.625. The van der Waals surface area contributed by atoms with Gasteiger partial charge in [-0.15, -0.1) is 0 Å². The van der Waals surface area contributed by atoms with Gasteiger partial charge in [-0.25, -0.2) is 0 Å². The second kappa shape index (κ2) is 6.35. The summed E-state index contributed by atoms with van der Waals surface area (Å²) in [6.45, 7) is 4.55. The van der Waals surface area contributed by atoms with Crippen LogP contribution in [-0.2, 0) is 4.74 Å². The summed E-state index contributed by atoms with van der Waals surface area (Å²) >= 11 is 0. The summed E-state index contributed by atoms with van der Waals surface area (Å²) in [6, 6.07) is 6.21. The predicted octanol–water partition coefficient (Wildman–Crippen LogP) is 3.69. The summed E-state index contributed by atoms with van der Waals surface area (Å²) in [7, 11) is 0. The Bertz CT molecular complexity index is 360. The molecular formula is C16H24O2. The molecule has 1 atom stereocenters. The van der Waals surface area contributed by atoms with E-state index < -0.39 is 6.10 Å². The lowest BCUT2D eigenvalue weighted by atomic mass is 9.97. The van der Waals surface area contributed by atoms with Crippen molar-refractivity contribution in [2.45, 2.75) is 58.2 Å². The standard InChI is InChI=1S/C16H24O2/c1-12-8-13(2)10-14(9-12)16(17)11-18-15-6-4-3-5-7-15/h8-10,15-17H,3-7,11H2,1-2H3. The van der Waals surface area contributed by atoms with Gasteiger partial charge in [0.05, 0.1) is 12.7 Å². The summed E-state index contributed by atoms with van der Waals surface area (Å²) in [4.78, 5) is 0. The smallest absolute Gasteiger partial charge is 0.102 e. The van der Waals surface area contributed by atoms with E-state index in [2.05, 4.69) is 19.9 Å². The first-order valence-electron chi connectivity index (χ1n) is 7.03. The zero-order valence-electron chi connectivity index (χ0n) is 11.5. The molecule has 0 aliphatic heterocycles. The molecule has 0 saturated heterocycles. The summed E-state index contributed by atoms with van der Waals surface area (Å²) in [5.74, 6) is 0. The van der Waals surface area contributed by atoms with Crippen LogP contribution in [-0.4, -0.2) is 17.8 Å². The second-order valence-corrected chi connectivity index (χ2v) is 5.53. The van der Waals surface area contributed by atoms with Gasteiger partial charge in [0.25, 0.3) is 0 Å². The Kier molecular flexibility index (Phi) is 4.79. The van der Waals surface area contributed by atoms with Crippen LogP contribution in [0.25, 0.3) is 0 Å². The maximum atomic E-state index is 10.2. The molecule has 0 spiro atoms. The van der Waals surface area contributed by atoms with Crippen molar-refractivity contribution in [2.24, 2.45) is 0 Å². The van der Waals surface area contributed by atoms with E-state index in [1.165, 1.54) is 30.4 Å². The van der Waals surface area contributed by atoms with Crippen molar-refractivity contribution in [1.29, 1.82) is 0 Å². The van der Waals surface area contributed by atoms with Gasteiger partial charge in [-0.05, 0) is 32.3 Å². The first-order valence-corrected chi connectivity index (χ1v) is 7.03. The highest BCUT2D eigenvalue weighted by Gasteiger charge is 2.16. The summed E-state index contributed by atoms with van der Waals surface area (Å²) in [5.41, 5.74) is 3.37. The van der Waals surface area contributed by atoms with E-state index in [9.17, 15) is 5.11 Å². The van der Waals surface area contributed by atoms with Gasteiger partial charge >= 0.3 is 0 Å². The van der Waals surface area contributed by atoms with Crippen LogP contribution in [0, 0.1) is 13.8 Å².